The van der Waals surface area contributed by atoms with Gasteiger partial charge in [-0.25, -0.2) is 0 Å². The molecule has 0 aliphatic carbocycles. The molecule has 1 aliphatic rings. The quantitative estimate of drug-likeness (QED) is 0.0688. The third-order valence-electron chi connectivity index (χ3n) is 12.8. The molecule has 0 saturated carbocycles. The number of halogens is 9. The molecule has 1 aliphatic heterocycles. The summed E-state index contributed by atoms with van der Waals surface area (Å²) in [6.07, 6.45) is -8.67. The van der Waals surface area contributed by atoms with Crippen molar-refractivity contribution in [2.75, 3.05) is 11.5 Å². The van der Waals surface area contributed by atoms with E-state index in [-0.39, 0.29) is 39.8 Å². The normalized spacial score (nSPS) is 13.1. The van der Waals surface area contributed by atoms with E-state index in [2.05, 4.69) is 239 Å². The molecule has 0 bridgehead atoms. The van der Waals surface area contributed by atoms with Crippen LogP contribution in [0, 0.1) is 27.7 Å². The van der Waals surface area contributed by atoms with Gasteiger partial charge in [0.05, 0.1) is 21.3 Å². The van der Waals surface area contributed by atoms with E-state index in [1.807, 2.05) is 26.0 Å². The topological polar surface area (TPSA) is 70.5 Å². The second-order valence-electron chi connectivity index (χ2n) is 19.3. The van der Waals surface area contributed by atoms with Crippen LogP contribution in [-0.2, 0) is 25.2 Å². The van der Waals surface area contributed by atoms with Crippen molar-refractivity contribution in [3.8, 4) is 0 Å². The molecule has 0 atom stereocenters. The number of hydrogen-bond acceptors (Lipinski definition) is 4. The van der Waals surface area contributed by atoms with Crippen LogP contribution in [0.5, 0.6) is 0 Å². The summed E-state index contributed by atoms with van der Waals surface area (Å²) in [7, 11) is 8.42. The molecule has 1 fully saturated rings. The average molecular weight is 1340 g/mol. The molecule has 1 heterocycles. The molecule has 0 radical (unpaired) electrons. The molecule has 8 aromatic carbocycles. The summed E-state index contributed by atoms with van der Waals surface area (Å²) in [5.41, 5.74) is 16.1. The third kappa shape index (κ3) is 21.0. The molecular formula is C64H66BBrCl2F6N2O2P2Pd. The van der Waals surface area contributed by atoms with Crippen LogP contribution >= 0.6 is 50.8 Å². The summed E-state index contributed by atoms with van der Waals surface area (Å²) in [4.78, 5) is 0. The molecule has 430 valence electrons. The summed E-state index contributed by atoms with van der Waals surface area (Å²) < 4.78 is 81.3. The van der Waals surface area contributed by atoms with Crippen molar-refractivity contribution in [3.05, 3.63) is 252 Å². The van der Waals surface area contributed by atoms with E-state index in [9.17, 15) is 26.3 Å². The Morgan fingerprint density at radius 2 is 0.679 bits per heavy atom. The second-order valence-corrected chi connectivity index (χ2v) is 27.0. The molecule has 0 spiro atoms. The van der Waals surface area contributed by atoms with Gasteiger partial charge in [0.25, 0.3) is 0 Å². The maximum Gasteiger partial charge on any atom is -0.0134 e. The molecule has 9 rings (SSSR count). The molecule has 8 aromatic rings. The molecule has 0 aromatic heterocycles. The zero-order valence-electron chi connectivity index (χ0n) is 46.2. The van der Waals surface area contributed by atoms with Crippen LogP contribution in [0.15, 0.2) is 224 Å². The van der Waals surface area contributed by atoms with Crippen molar-refractivity contribution in [3.63, 3.8) is 0 Å². The number of aryl methyl sites for hydroxylation is 4. The summed E-state index contributed by atoms with van der Waals surface area (Å²) in [6.45, 7) is 21.3. The van der Waals surface area contributed by atoms with Crippen LogP contribution in [-0.4, -0.2) is 30.7 Å². The minimum absolute atomic E-state index is 0.0756. The first-order chi connectivity index (χ1) is 38.1. The molecule has 0 amide bonds. The van der Waals surface area contributed by atoms with E-state index in [0.717, 1.165) is 22.3 Å². The van der Waals surface area contributed by atoms with Gasteiger partial charge in [0.1, 0.15) is 0 Å². The Morgan fingerprint density at radius 1 is 0.469 bits per heavy atom. The molecular weight excluding hydrogens is 1270 g/mol. The van der Waals surface area contributed by atoms with Gasteiger partial charge >= 0.3 is 54.5 Å². The van der Waals surface area contributed by atoms with E-state index in [4.69, 9.17) is 39.8 Å². The monoisotopic (exact) mass is 1340 g/mol. The number of allylic oxidation sites excluding steroid dienone is 2. The SMILES string of the molecule is C=C(Br)C(F)(F)F.C=C(c1cc(C)c(N)c(C)c1)C(F)(F)F.Cc1cc(B2OC(C)(C)C(C)(C)O2)cc(C)c1N.[Cl][Pd][Cl].c1ccc(P(c2ccccc2)c2ccccc2)cc1.c1ccc(P(c2ccccc2)c2ccccc2)cc1. The van der Waals surface area contributed by atoms with Crippen LogP contribution in [0.25, 0.3) is 5.57 Å². The van der Waals surface area contributed by atoms with Gasteiger partial charge in [-0.3, -0.25) is 0 Å². The van der Waals surface area contributed by atoms with Crippen molar-refractivity contribution >= 4 is 112 Å². The standard InChI is InChI=1S/2C18H15P.C14H22BNO2.C11H12F3N.C3H2BrF3.2ClH.Pd/c2*1-4-10-16(11-5-1)19(17-12-6-2-7-13-17)18-14-8-3-9-15-18;1-9-7-11(8-10(2)12(9)16)15-17-13(3,4)14(5,6)18-15;1-6-4-9(5-7(2)10(6)15)8(3)11(12,13)14;1-2(4)3(5,6)7;;;/h2*1-15H;7-8H,16H2,1-6H3;4-5H,3,15H2,1-2H3;1H2;2*1H;/q;;;;;;;+2/p-2. The fourth-order valence-corrected chi connectivity index (χ4v) is 12.4. The fraction of sp³-hybridized carbons (Fsp3) is 0.188. The Morgan fingerprint density at radius 3 is 0.877 bits per heavy atom. The Hall–Kier alpha value is -5.01. The van der Waals surface area contributed by atoms with Crippen molar-refractivity contribution in [1.82, 2.24) is 0 Å². The van der Waals surface area contributed by atoms with E-state index in [0.29, 0.717) is 16.8 Å². The maximum atomic E-state index is 12.4. The van der Waals surface area contributed by atoms with Crippen LogP contribution in [0.1, 0.15) is 55.5 Å². The predicted molar refractivity (Wildman–Crippen MR) is 338 cm³/mol. The van der Waals surface area contributed by atoms with Gasteiger partial charge in [-0.1, -0.05) is 207 Å². The largest absolute Gasteiger partial charge is 0.0622 e. The minimum atomic E-state index is -4.39. The maximum absolute atomic E-state index is 12.4. The van der Waals surface area contributed by atoms with Gasteiger partial charge in [0, 0.05) is 11.4 Å². The first-order valence-electron chi connectivity index (χ1n) is 25.1. The number of nitrogens with two attached hydrogens (primary N) is 2. The van der Waals surface area contributed by atoms with Crippen molar-refractivity contribution < 1.29 is 51.6 Å². The van der Waals surface area contributed by atoms with Gasteiger partial charge in [-0.2, -0.15) is 26.3 Å². The number of benzene rings is 8. The molecule has 1 saturated heterocycles. The van der Waals surface area contributed by atoms with Crippen molar-refractivity contribution in [2.45, 2.75) is 78.9 Å². The summed E-state index contributed by atoms with van der Waals surface area (Å²) >= 11 is 2.07. The van der Waals surface area contributed by atoms with Gasteiger partial charge < -0.3 is 20.8 Å². The molecule has 0 unspecified atom stereocenters. The predicted octanol–water partition coefficient (Wildman–Crippen LogP) is 16.4. The summed E-state index contributed by atoms with van der Waals surface area (Å²) in [5, 5.41) is 8.39. The third-order valence-corrected chi connectivity index (χ3v) is 18.2. The average Bonchev–Trinajstić information content (AvgIpc) is 3.77. The van der Waals surface area contributed by atoms with Crippen LogP contribution in [0.4, 0.5) is 37.7 Å². The molecule has 4 nitrogen and oxygen atoms in total. The first kappa shape index (κ1) is 68.5. The van der Waals surface area contributed by atoms with E-state index < -0.39 is 38.3 Å². The zero-order chi connectivity index (χ0) is 60.1. The van der Waals surface area contributed by atoms with E-state index in [1.165, 1.54) is 44.0 Å². The van der Waals surface area contributed by atoms with Gasteiger partial charge in [-0.15, -0.1) is 0 Å². The summed E-state index contributed by atoms with van der Waals surface area (Å²) in [5.74, 6) is 0. The zero-order valence-corrected chi connectivity index (χ0v) is 52.6. The van der Waals surface area contributed by atoms with Gasteiger partial charge in [0.2, 0.25) is 0 Å². The molecule has 4 N–H and O–H groups in total. The smallest absolute Gasteiger partial charge is 0.0134 e. The number of nitrogen functional groups attached to an aromatic ring is 2. The van der Waals surface area contributed by atoms with E-state index in [1.54, 1.807) is 13.8 Å². The fourth-order valence-electron chi connectivity index (χ4n) is 7.79. The number of hydrogen-bond donors (Lipinski definition) is 2. The summed E-state index contributed by atoms with van der Waals surface area (Å²) in [6, 6.07) is 71.5. The van der Waals surface area contributed by atoms with Crippen LogP contribution in [0.2, 0.25) is 0 Å². The first-order valence-corrected chi connectivity index (χ1v) is 32.6. The number of anilines is 2. The number of rotatable bonds is 8. The van der Waals surface area contributed by atoms with Crippen LogP contribution < -0.4 is 48.8 Å². The Balaban J connectivity index is 0.000000221. The minimum Gasteiger partial charge on any atom is -0.0622 e. The number of alkyl halides is 6. The Kier molecular flexibility index (Phi) is 27.2. The van der Waals surface area contributed by atoms with Crippen molar-refractivity contribution in [1.29, 1.82) is 0 Å². The second kappa shape index (κ2) is 32.2. The Labute approximate surface area is 502 Å². The van der Waals surface area contributed by atoms with Gasteiger partial charge in [-0.05, 0) is 164 Å². The van der Waals surface area contributed by atoms with E-state index >= 15 is 0 Å². The molecule has 17 heteroatoms. The van der Waals surface area contributed by atoms with Gasteiger partial charge in [0.15, 0.2) is 0 Å². The van der Waals surface area contributed by atoms with Crippen LogP contribution in [0.3, 0.4) is 0 Å². The van der Waals surface area contributed by atoms with Crippen molar-refractivity contribution in [2.24, 2.45) is 0 Å². The Bertz CT molecular complexity index is 2840. The molecule has 81 heavy (non-hydrogen) atoms.